The number of Topliss-reactive ketones (excluding diaryl/α,β-unsaturated/α-hetero) is 1. The first-order valence-corrected chi connectivity index (χ1v) is 4.80. The number of carbonyl (C=O) groups excluding carboxylic acids is 1. The molecule has 0 radical (unpaired) electrons. The average Bonchev–Trinajstić information content (AvgIpc) is 1.95. The number of allylic oxidation sites excluding steroid dienone is 1. The van der Waals surface area contributed by atoms with Crippen LogP contribution in [0.25, 0.3) is 0 Å². The third-order valence-electron chi connectivity index (χ3n) is 2.41. The van der Waals surface area contributed by atoms with Gasteiger partial charge in [0.05, 0.1) is 0 Å². The molecule has 1 aliphatic carbocycles. The highest BCUT2D eigenvalue weighted by Gasteiger charge is 2.25. The third-order valence-corrected chi connectivity index (χ3v) is 2.41. The molecule has 0 aromatic rings. The summed E-state index contributed by atoms with van der Waals surface area (Å²) >= 11 is 0. The Kier molecular flexibility index (Phi) is 2.91. The molecule has 0 spiro atoms. The molecule has 2 nitrogen and oxygen atoms in total. The number of hydrogen-bond donors (Lipinski definition) is 0. The van der Waals surface area contributed by atoms with Crippen LogP contribution in [0.15, 0.2) is 11.6 Å². The quantitative estimate of drug-likeness (QED) is 0.648. The summed E-state index contributed by atoms with van der Waals surface area (Å²) in [5, 5.41) is 0. The summed E-state index contributed by atoms with van der Waals surface area (Å²) in [6.07, 6.45) is 3.84. The van der Waals surface area contributed by atoms with Crippen LogP contribution >= 0.6 is 0 Å². The van der Waals surface area contributed by atoms with Gasteiger partial charge in [-0.1, -0.05) is 19.9 Å². The lowest BCUT2D eigenvalue weighted by molar-refractivity contribution is -0.116. The van der Waals surface area contributed by atoms with Crippen LogP contribution in [0.3, 0.4) is 0 Å². The van der Waals surface area contributed by atoms with Gasteiger partial charge in [0.2, 0.25) is 0 Å². The van der Waals surface area contributed by atoms with Crippen LogP contribution in [0.1, 0.15) is 26.7 Å². The van der Waals surface area contributed by atoms with Crippen LogP contribution in [0.4, 0.5) is 0 Å². The maximum absolute atomic E-state index is 11.5. The van der Waals surface area contributed by atoms with E-state index in [9.17, 15) is 4.79 Å². The van der Waals surface area contributed by atoms with Gasteiger partial charge in [0, 0.05) is 18.5 Å². The smallest absolute Gasteiger partial charge is 0.159 e. The molecule has 0 N–H and O–H groups in total. The highest BCUT2D eigenvalue weighted by Crippen LogP contribution is 2.31. The molecule has 0 fully saturated rings. The number of carbonyl (C=O) groups is 1. The van der Waals surface area contributed by atoms with Gasteiger partial charge in [-0.3, -0.25) is 4.79 Å². The van der Waals surface area contributed by atoms with Gasteiger partial charge in [0.15, 0.2) is 5.78 Å². The Morgan fingerprint density at radius 2 is 2.08 bits per heavy atom. The van der Waals surface area contributed by atoms with Crippen molar-refractivity contribution < 1.29 is 4.79 Å². The second-order valence-corrected chi connectivity index (χ2v) is 4.82. The molecular weight excluding hydrogens is 162 g/mol. The van der Waals surface area contributed by atoms with Crippen LogP contribution in [0, 0.1) is 5.41 Å². The second-order valence-electron chi connectivity index (χ2n) is 4.82. The zero-order valence-corrected chi connectivity index (χ0v) is 9.05. The minimum absolute atomic E-state index is 0.208. The Labute approximate surface area is 80.6 Å². The molecule has 13 heavy (non-hydrogen) atoms. The number of likely N-dealkylation sites (N-methyl/N-ethyl adjacent to an activating group) is 1. The van der Waals surface area contributed by atoms with Gasteiger partial charge in [0.1, 0.15) is 0 Å². The zero-order valence-electron chi connectivity index (χ0n) is 9.05. The summed E-state index contributed by atoms with van der Waals surface area (Å²) in [6, 6.07) is 0. The van der Waals surface area contributed by atoms with E-state index >= 15 is 0 Å². The van der Waals surface area contributed by atoms with Crippen molar-refractivity contribution in [2.45, 2.75) is 26.7 Å². The molecule has 0 atom stereocenters. The van der Waals surface area contributed by atoms with Gasteiger partial charge in [-0.2, -0.15) is 0 Å². The lowest BCUT2D eigenvalue weighted by Gasteiger charge is -2.27. The fourth-order valence-electron chi connectivity index (χ4n) is 1.70. The van der Waals surface area contributed by atoms with Crippen LogP contribution in [-0.2, 0) is 4.79 Å². The van der Waals surface area contributed by atoms with Crippen molar-refractivity contribution in [1.29, 1.82) is 0 Å². The normalized spacial score (nSPS) is 21.9. The Hall–Kier alpha value is -0.630. The van der Waals surface area contributed by atoms with E-state index in [1.165, 1.54) is 0 Å². The van der Waals surface area contributed by atoms with Gasteiger partial charge in [0.25, 0.3) is 0 Å². The Bertz CT molecular complexity index is 238. The predicted molar refractivity (Wildman–Crippen MR) is 54.7 cm³/mol. The van der Waals surface area contributed by atoms with Gasteiger partial charge in [-0.05, 0) is 25.9 Å². The Morgan fingerprint density at radius 1 is 1.46 bits per heavy atom. The van der Waals surface area contributed by atoms with E-state index in [4.69, 9.17) is 0 Å². The van der Waals surface area contributed by atoms with E-state index < -0.39 is 0 Å². The second kappa shape index (κ2) is 3.62. The molecule has 74 valence electrons. The van der Waals surface area contributed by atoms with Gasteiger partial charge in [-0.25, -0.2) is 0 Å². The molecule has 1 aliphatic rings. The summed E-state index contributed by atoms with van der Waals surface area (Å²) in [6.45, 7) is 5.16. The summed E-state index contributed by atoms with van der Waals surface area (Å²) < 4.78 is 0. The number of hydrogen-bond acceptors (Lipinski definition) is 2. The van der Waals surface area contributed by atoms with Crippen molar-refractivity contribution >= 4 is 5.78 Å². The van der Waals surface area contributed by atoms with Crippen LogP contribution < -0.4 is 0 Å². The van der Waals surface area contributed by atoms with Crippen molar-refractivity contribution in [3.8, 4) is 0 Å². The molecule has 0 unspecified atom stereocenters. The molecule has 0 aromatic heterocycles. The molecule has 0 saturated carbocycles. The van der Waals surface area contributed by atoms with E-state index in [-0.39, 0.29) is 5.41 Å². The topological polar surface area (TPSA) is 20.3 Å². The fourth-order valence-corrected chi connectivity index (χ4v) is 1.70. The molecule has 1 rings (SSSR count). The largest absolute Gasteiger partial charge is 0.305 e. The summed E-state index contributed by atoms with van der Waals surface area (Å²) in [5.41, 5.74) is 1.19. The minimum atomic E-state index is 0.208. The standard InChI is InChI=1S/C11H19NO/c1-11(2)6-5-10(13)9(7-11)8-12(3)4/h7H,5-6,8H2,1-4H3. The molecule has 0 aliphatic heterocycles. The first kappa shape index (κ1) is 10.5. The van der Waals surface area contributed by atoms with Crippen molar-refractivity contribution in [2.75, 3.05) is 20.6 Å². The molecular formula is C11H19NO. The summed E-state index contributed by atoms with van der Waals surface area (Å²) in [4.78, 5) is 13.6. The lowest BCUT2D eigenvalue weighted by atomic mass is 9.79. The van der Waals surface area contributed by atoms with E-state index in [0.717, 1.165) is 18.5 Å². The molecule has 0 aromatic carbocycles. The zero-order chi connectivity index (χ0) is 10.1. The summed E-state index contributed by atoms with van der Waals surface area (Å²) in [5.74, 6) is 0.327. The fraction of sp³-hybridized carbons (Fsp3) is 0.727. The SMILES string of the molecule is CN(C)CC1=CC(C)(C)CCC1=O. The third kappa shape index (κ3) is 2.96. The van der Waals surface area contributed by atoms with E-state index in [1.807, 2.05) is 19.0 Å². The van der Waals surface area contributed by atoms with Crippen LogP contribution in [0.5, 0.6) is 0 Å². The molecule has 2 heteroatoms. The molecule has 0 heterocycles. The molecule has 0 bridgehead atoms. The Balaban J connectivity index is 2.78. The van der Waals surface area contributed by atoms with E-state index in [1.54, 1.807) is 0 Å². The van der Waals surface area contributed by atoms with Gasteiger partial charge in [-0.15, -0.1) is 0 Å². The monoisotopic (exact) mass is 181 g/mol. The van der Waals surface area contributed by atoms with Crippen LogP contribution in [0.2, 0.25) is 0 Å². The predicted octanol–water partition coefficient (Wildman–Crippen LogP) is 1.86. The van der Waals surface area contributed by atoms with E-state index in [2.05, 4.69) is 19.9 Å². The van der Waals surface area contributed by atoms with E-state index in [0.29, 0.717) is 12.2 Å². The molecule has 0 amide bonds. The highest BCUT2D eigenvalue weighted by molar-refractivity contribution is 5.96. The van der Waals surface area contributed by atoms with Crippen molar-refractivity contribution in [3.05, 3.63) is 11.6 Å². The number of nitrogens with zero attached hydrogens (tertiary/aromatic N) is 1. The van der Waals surface area contributed by atoms with Gasteiger partial charge < -0.3 is 4.90 Å². The van der Waals surface area contributed by atoms with Crippen molar-refractivity contribution in [2.24, 2.45) is 5.41 Å². The maximum Gasteiger partial charge on any atom is 0.159 e. The minimum Gasteiger partial charge on any atom is -0.305 e. The highest BCUT2D eigenvalue weighted by atomic mass is 16.1. The average molecular weight is 181 g/mol. The maximum atomic E-state index is 11.5. The lowest BCUT2D eigenvalue weighted by Crippen LogP contribution is -2.26. The Morgan fingerprint density at radius 3 is 2.62 bits per heavy atom. The first-order chi connectivity index (χ1) is 5.91. The summed E-state index contributed by atoms with van der Waals surface area (Å²) in [7, 11) is 3.99. The number of rotatable bonds is 2. The van der Waals surface area contributed by atoms with Crippen molar-refractivity contribution in [1.82, 2.24) is 4.90 Å². The van der Waals surface area contributed by atoms with Crippen LogP contribution in [-0.4, -0.2) is 31.3 Å². The first-order valence-electron chi connectivity index (χ1n) is 4.80. The molecule has 0 saturated heterocycles. The van der Waals surface area contributed by atoms with Gasteiger partial charge >= 0.3 is 0 Å². The van der Waals surface area contributed by atoms with Crippen molar-refractivity contribution in [3.63, 3.8) is 0 Å². The number of ketones is 1.